The standard InChI is InChI=1S/C28H24FN3O3/c1-4-34-26-17(3)27-21(22(15-35-27)18-9-11-19(29)12-10-18)14-20(26)16(2)13-25(33)32-28-30-23-7-5-6-8-24(23)31-28/h5-15H,4H2,1-3H3,(H2,30,31,32,33)/b16-13+. The second-order valence-corrected chi connectivity index (χ2v) is 8.26. The number of halogens is 1. The van der Waals surface area contributed by atoms with Gasteiger partial charge in [0.05, 0.1) is 23.9 Å². The molecule has 35 heavy (non-hydrogen) atoms. The zero-order chi connectivity index (χ0) is 24.5. The lowest BCUT2D eigenvalue weighted by atomic mass is 9.96. The number of fused-ring (bicyclic) bond motifs is 2. The first-order chi connectivity index (χ1) is 16.9. The molecule has 0 saturated carbocycles. The topological polar surface area (TPSA) is 80.1 Å². The third-order valence-corrected chi connectivity index (χ3v) is 5.89. The minimum atomic E-state index is -0.312. The van der Waals surface area contributed by atoms with Gasteiger partial charge in [0.1, 0.15) is 17.1 Å². The first-order valence-corrected chi connectivity index (χ1v) is 11.3. The van der Waals surface area contributed by atoms with Gasteiger partial charge < -0.3 is 14.1 Å². The van der Waals surface area contributed by atoms with E-state index in [0.29, 0.717) is 23.9 Å². The quantitative estimate of drug-likeness (QED) is 0.266. The van der Waals surface area contributed by atoms with Crippen molar-refractivity contribution in [2.24, 2.45) is 0 Å². The van der Waals surface area contributed by atoms with E-state index in [2.05, 4.69) is 15.3 Å². The zero-order valence-corrected chi connectivity index (χ0v) is 19.6. The molecule has 0 fully saturated rings. The number of hydrogen-bond donors (Lipinski definition) is 2. The number of para-hydroxylation sites is 2. The lowest BCUT2D eigenvalue weighted by molar-refractivity contribution is -0.111. The van der Waals surface area contributed by atoms with Crippen molar-refractivity contribution in [3.05, 3.63) is 83.9 Å². The van der Waals surface area contributed by atoms with Gasteiger partial charge in [-0.25, -0.2) is 9.37 Å². The molecule has 176 valence electrons. The molecule has 0 radical (unpaired) electrons. The summed E-state index contributed by atoms with van der Waals surface area (Å²) < 4.78 is 25.3. The van der Waals surface area contributed by atoms with Crippen LogP contribution in [0.25, 0.3) is 38.7 Å². The van der Waals surface area contributed by atoms with Crippen LogP contribution in [0.4, 0.5) is 10.3 Å². The number of H-pyrrole nitrogens is 1. The Morgan fingerprint density at radius 3 is 2.71 bits per heavy atom. The maximum atomic E-state index is 13.5. The number of anilines is 1. The summed E-state index contributed by atoms with van der Waals surface area (Å²) in [6.07, 6.45) is 3.19. The van der Waals surface area contributed by atoms with Gasteiger partial charge in [-0.05, 0) is 62.2 Å². The Kier molecular flexibility index (Phi) is 5.82. The van der Waals surface area contributed by atoms with E-state index in [1.807, 2.05) is 51.1 Å². The summed E-state index contributed by atoms with van der Waals surface area (Å²) in [5, 5.41) is 3.66. The summed E-state index contributed by atoms with van der Waals surface area (Å²) in [6.45, 7) is 6.16. The fourth-order valence-electron chi connectivity index (χ4n) is 4.23. The summed E-state index contributed by atoms with van der Waals surface area (Å²) in [5.41, 5.74) is 6.32. The third-order valence-electron chi connectivity index (χ3n) is 5.89. The molecule has 0 spiro atoms. The van der Waals surface area contributed by atoms with Crippen LogP contribution < -0.4 is 10.1 Å². The number of carbonyl (C=O) groups is 1. The Labute approximate surface area is 201 Å². The minimum Gasteiger partial charge on any atom is -0.493 e. The van der Waals surface area contributed by atoms with Crippen molar-refractivity contribution in [1.29, 1.82) is 0 Å². The van der Waals surface area contributed by atoms with Gasteiger partial charge in [0.2, 0.25) is 5.95 Å². The molecule has 2 aromatic heterocycles. The average molecular weight is 470 g/mol. The maximum absolute atomic E-state index is 13.5. The molecule has 0 unspecified atom stereocenters. The molecule has 5 rings (SSSR count). The fraction of sp³-hybridized carbons (Fsp3) is 0.143. The molecule has 0 aliphatic carbocycles. The van der Waals surface area contributed by atoms with Crippen LogP contribution >= 0.6 is 0 Å². The molecule has 0 saturated heterocycles. The van der Waals surface area contributed by atoms with Gasteiger partial charge in [-0.2, -0.15) is 0 Å². The summed E-state index contributed by atoms with van der Waals surface area (Å²) in [6, 6.07) is 15.8. The lowest BCUT2D eigenvalue weighted by Gasteiger charge is -2.15. The van der Waals surface area contributed by atoms with E-state index in [1.165, 1.54) is 18.2 Å². The molecule has 5 aromatic rings. The van der Waals surface area contributed by atoms with Crippen LogP contribution in [0.5, 0.6) is 5.75 Å². The number of imidazole rings is 1. The van der Waals surface area contributed by atoms with Crippen LogP contribution in [-0.2, 0) is 4.79 Å². The molecule has 0 bridgehead atoms. The zero-order valence-electron chi connectivity index (χ0n) is 19.6. The van der Waals surface area contributed by atoms with E-state index < -0.39 is 0 Å². The molecule has 3 aromatic carbocycles. The summed E-state index contributed by atoms with van der Waals surface area (Å²) in [4.78, 5) is 20.3. The number of ether oxygens (including phenoxy) is 1. The monoisotopic (exact) mass is 469 g/mol. The van der Waals surface area contributed by atoms with Gasteiger partial charge in [-0.15, -0.1) is 0 Å². The molecule has 2 N–H and O–H groups in total. The number of carbonyl (C=O) groups excluding carboxylic acids is 1. The molecule has 6 nitrogen and oxygen atoms in total. The normalized spacial score (nSPS) is 11.8. The number of hydrogen-bond acceptors (Lipinski definition) is 4. The Morgan fingerprint density at radius 1 is 1.20 bits per heavy atom. The van der Waals surface area contributed by atoms with Gasteiger partial charge >= 0.3 is 0 Å². The first-order valence-electron chi connectivity index (χ1n) is 11.3. The smallest absolute Gasteiger partial charge is 0.250 e. The molecule has 2 heterocycles. The van der Waals surface area contributed by atoms with Crippen molar-refractivity contribution < 1.29 is 18.3 Å². The van der Waals surface area contributed by atoms with E-state index in [1.54, 1.807) is 18.4 Å². The van der Waals surface area contributed by atoms with E-state index in [4.69, 9.17) is 9.15 Å². The fourth-order valence-corrected chi connectivity index (χ4v) is 4.23. The van der Waals surface area contributed by atoms with Gasteiger partial charge in [0.15, 0.2) is 0 Å². The number of allylic oxidation sites excluding steroid dienone is 1. The van der Waals surface area contributed by atoms with Crippen LogP contribution in [-0.4, -0.2) is 22.5 Å². The molecule has 7 heteroatoms. The number of rotatable bonds is 6. The van der Waals surface area contributed by atoms with Crippen molar-refractivity contribution in [2.75, 3.05) is 11.9 Å². The van der Waals surface area contributed by atoms with Crippen LogP contribution in [0.15, 0.2) is 71.4 Å². The van der Waals surface area contributed by atoms with Gasteiger partial charge in [0, 0.05) is 28.2 Å². The number of aryl methyl sites for hydroxylation is 1. The van der Waals surface area contributed by atoms with Crippen molar-refractivity contribution in [2.45, 2.75) is 20.8 Å². The Hall–Kier alpha value is -4.39. The number of benzene rings is 3. The van der Waals surface area contributed by atoms with Crippen molar-refractivity contribution in [3.63, 3.8) is 0 Å². The predicted molar refractivity (Wildman–Crippen MR) is 136 cm³/mol. The molecule has 0 aliphatic rings. The highest BCUT2D eigenvalue weighted by atomic mass is 19.1. The number of aromatic amines is 1. The molecule has 1 amide bonds. The van der Waals surface area contributed by atoms with E-state index in [9.17, 15) is 9.18 Å². The number of amides is 1. The number of aromatic nitrogens is 2. The lowest BCUT2D eigenvalue weighted by Crippen LogP contribution is -2.10. The van der Waals surface area contributed by atoms with Crippen molar-refractivity contribution in [1.82, 2.24) is 9.97 Å². The Morgan fingerprint density at radius 2 is 1.97 bits per heavy atom. The highest BCUT2D eigenvalue weighted by molar-refractivity contribution is 6.05. The number of nitrogens with zero attached hydrogens (tertiary/aromatic N) is 1. The van der Waals surface area contributed by atoms with Crippen LogP contribution in [0, 0.1) is 12.7 Å². The average Bonchev–Trinajstić information content (AvgIpc) is 3.45. The van der Waals surface area contributed by atoms with Crippen molar-refractivity contribution >= 4 is 39.4 Å². The summed E-state index contributed by atoms with van der Waals surface area (Å²) >= 11 is 0. The van der Waals surface area contributed by atoms with Gasteiger partial charge in [-0.1, -0.05) is 24.3 Å². The maximum Gasteiger partial charge on any atom is 0.250 e. The summed E-state index contributed by atoms with van der Waals surface area (Å²) in [7, 11) is 0. The molecule has 0 atom stereocenters. The van der Waals surface area contributed by atoms with Crippen LogP contribution in [0.3, 0.4) is 0 Å². The van der Waals surface area contributed by atoms with E-state index >= 15 is 0 Å². The third kappa shape index (κ3) is 4.28. The van der Waals surface area contributed by atoms with Crippen LogP contribution in [0.2, 0.25) is 0 Å². The Bertz CT molecular complexity index is 1550. The second-order valence-electron chi connectivity index (χ2n) is 8.26. The first kappa shape index (κ1) is 22.4. The Balaban J connectivity index is 1.54. The van der Waals surface area contributed by atoms with E-state index in [0.717, 1.165) is 44.2 Å². The highest BCUT2D eigenvalue weighted by Crippen LogP contribution is 2.40. The highest BCUT2D eigenvalue weighted by Gasteiger charge is 2.19. The second kappa shape index (κ2) is 9.10. The van der Waals surface area contributed by atoms with Crippen LogP contribution in [0.1, 0.15) is 25.0 Å². The summed E-state index contributed by atoms with van der Waals surface area (Å²) in [5.74, 6) is 0.426. The largest absolute Gasteiger partial charge is 0.493 e. The molecular weight excluding hydrogens is 445 g/mol. The number of furan rings is 1. The molecular formula is C28H24FN3O3. The van der Waals surface area contributed by atoms with Gasteiger partial charge in [-0.3, -0.25) is 10.1 Å². The SMILES string of the molecule is CCOc1c(/C(C)=C/C(=O)Nc2nc3ccccc3[nH]2)cc2c(-c3ccc(F)cc3)coc2c1C. The predicted octanol–water partition coefficient (Wildman–Crippen LogP) is 6.86. The van der Waals surface area contributed by atoms with Gasteiger partial charge in [0.25, 0.3) is 5.91 Å². The number of nitrogens with one attached hydrogen (secondary N) is 2. The minimum absolute atomic E-state index is 0.300. The van der Waals surface area contributed by atoms with E-state index in [-0.39, 0.29) is 11.7 Å². The van der Waals surface area contributed by atoms with Crippen molar-refractivity contribution in [3.8, 4) is 16.9 Å². The molecule has 0 aliphatic heterocycles.